The van der Waals surface area contributed by atoms with Gasteiger partial charge in [0.05, 0.1) is 6.61 Å². The van der Waals surface area contributed by atoms with Gasteiger partial charge >= 0.3 is 5.97 Å². The Kier molecular flexibility index (Phi) is 5.96. The molecule has 0 spiro atoms. The Bertz CT molecular complexity index is 514. The van der Waals surface area contributed by atoms with Crippen molar-refractivity contribution in [2.75, 3.05) is 18.5 Å². The van der Waals surface area contributed by atoms with Crippen LogP contribution >= 0.6 is 0 Å². The first-order valence-corrected chi connectivity index (χ1v) is 5.78. The predicted octanol–water partition coefficient (Wildman–Crippen LogP) is 1.59. The van der Waals surface area contributed by atoms with Crippen molar-refractivity contribution in [2.24, 2.45) is 0 Å². The zero-order valence-electron chi connectivity index (χ0n) is 10.9. The van der Waals surface area contributed by atoms with Gasteiger partial charge in [0, 0.05) is 11.8 Å². The van der Waals surface area contributed by atoms with Crippen LogP contribution in [0, 0.1) is 11.8 Å². The molecule has 1 amide bonds. The lowest BCUT2D eigenvalue weighted by Crippen LogP contribution is -2.14. The molecule has 0 aromatic heterocycles. The van der Waals surface area contributed by atoms with Gasteiger partial charge in [-0.05, 0) is 31.9 Å². The van der Waals surface area contributed by atoms with Crippen molar-refractivity contribution in [2.45, 2.75) is 13.8 Å². The van der Waals surface area contributed by atoms with E-state index in [2.05, 4.69) is 17.2 Å². The first kappa shape index (κ1) is 14.6. The van der Waals surface area contributed by atoms with E-state index in [1.165, 1.54) is 0 Å². The molecule has 0 heterocycles. The summed E-state index contributed by atoms with van der Waals surface area (Å²) in [7, 11) is 0. The molecule has 0 aliphatic carbocycles. The van der Waals surface area contributed by atoms with Crippen molar-refractivity contribution in [1.29, 1.82) is 0 Å². The van der Waals surface area contributed by atoms with Crippen LogP contribution in [0.5, 0.6) is 5.75 Å². The van der Waals surface area contributed by atoms with E-state index in [0.29, 0.717) is 18.0 Å². The van der Waals surface area contributed by atoms with E-state index >= 15 is 0 Å². The molecule has 1 rings (SSSR count). The number of carbonyl (C=O) groups excluding carboxylic acids is 2. The maximum Gasteiger partial charge on any atom is 0.344 e. The van der Waals surface area contributed by atoms with E-state index in [0.717, 1.165) is 0 Å². The van der Waals surface area contributed by atoms with Crippen LogP contribution in [0.25, 0.3) is 0 Å². The number of rotatable bonds is 5. The third-order valence-corrected chi connectivity index (χ3v) is 1.99. The normalized spacial score (nSPS) is 8.95. The van der Waals surface area contributed by atoms with Crippen molar-refractivity contribution in [1.82, 2.24) is 0 Å². The molecule has 1 aromatic rings. The number of hydrogen-bond donors (Lipinski definition) is 1. The largest absolute Gasteiger partial charge is 0.482 e. The molecule has 1 aromatic carbocycles. The topological polar surface area (TPSA) is 64.6 Å². The highest BCUT2D eigenvalue weighted by atomic mass is 16.6. The number of anilines is 1. The third kappa shape index (κ3) is 5.59. The molecule has 19 heavy (non-hydrogen) atoms. The molecule has 5 heteroatoms. The van der Waals surface area contributed by atoms with E-state index in [9.17, 15) is 9.59 Å². The van der Waals surface area contributed by atoms with Gasteiger partial charge in [0.25, 0.3) is 5.91 Å². The Morgan fingerprint density at radius 3 is 2.84 bits per heavy atom. The molecule has 0 saturated carbocycles. The average molecular weight is 261 g/mol. The van der Waals surface area contributed by atoms with E-state index in [-0.39, 0.29) is 6.61 Å². The van der Waals surface area contributed by atoms with E-state index in [1.807, 2.05) is 0 Å². The maximum atomic E-state index is 11.3. The molecule has 0 bridgehead atoms. The Morgan fingerprint density at radius 1 is 1.37 bits per heavy atom. The highest BCUT2D eigenvalue weighted by Crippen LogP contribution is 2.17. The minimum absolute atomic E-state index is 0.167. The lowest BCUT2D eigenvalue weighted by molar-refractivity contribution is -0.145. The second-order valence-electron chi connectivity index (χ2n) is 3.45. The summed E-state index contributed by atoms with van der Waals surface area (Å²) in [5, 5.41) is 2.59. The lowest BCUT2D eigenvalue weighted by atomic mass is 10.3. The van der Waals surface area contributed by atoms with Crippen molar-refractivity contribution >= 4 is 17.6 Å². The van der Waals surface area contributed by atoms with Crippen LogP contribution in [0.2, 0.25) is 0 Å². The van der Waals surface area contributed by atoms with Gasteiger partial charge in [-0.3, -0.25) is 4.79 Å². The average Bonchev–Trinajstić information content (AvgIpc) is 2.37. The van der Waals surface area contributed by atoms with Gasteiger partial charge < -0.3 is 14.8 Å². The molecule has 0 aliphatic heterocycles. The molecule has 0 fully saturated rings. The summed E-state index contributed by atoms with van der Waals surface area (Å²) >= 11 is 0. The highest BCUT2D eigenvalue weighted by Gasteiger charge is 2.04. The molecule has 0 atom stereocenters. The molecular weight excluding hydrogens is 246 g/mol. The summed E-state index contributed by atoms with van der Waals surface area (Å²) in [6.45, 7) is 3.45. The van der Waals surface area contributed by atoms with Gasteiger partial charge in [0.15, 0.2) is 6.61 Å². The Labute approximate surface area is 111 Å². The van der Waals surface area contributed by atoms with Gasteiger partial charge in [-0.25, -0.2) is 4.79 Å². The van der Waals surface area contributed by atoms with Gasteiger partial charge in [0.1, 0.15) is 5.75 Å². The van der Waals surface area contributed by atoms with Crippen LogP contribution in [-0.2, 0) is 14.3 Å². The minimum Gasteiger partial charge on any atom is -0.482 e. The van der Waals surface area contributed by atoms with E-state index in [4.69, 9.17) is 9.47 Å². The van der Waals surface area contributed by atoms with Crippen molar-refractivity contribution in [3.63, 3.8) is 0 Å². The van der Waals surface area contributed by atoms with E-state index in [1.54, 1.807) is 38.1 Å². The van der Waals surface area contributed by atoms with Crippen LogP contribution in [0.1, 0.15) is 13.8 Å². The quantitative estimate of drug-likeness (QED) is 0.645. The highest BCUT2D eigenvalue weighted by molar-refractivity contribution is 6.03. The number of hydrogen-bond acceptors (Lipinski definition) is 4. The van der Waals surface area contributed by atoms with Crippen LogP contribution < -0.4 is 10.1 Å². The summed E-state index contributed by atoms with van der Waals surface area (Å²) in [6.07, 6.45) is 0. The molecule has 0 saturated heterocycles. The van der Waals surface area contributed by atoms with E-state index < -0.39 is 11.9 Å². The summed E-state index contributed by atoms with van der Waals surface area (Å²) in [5.74, 6) is 4.50. The van der Waals surface area contributed by atoms with Crippen LogP contribution in [0.15, 0.2) is 24.3 Å². The van der Waals surface area contributed by atoms with Crippen LogP contribution in [-0.4, -0.2) is 25.1 Å². The molecule has 0 radical (unpaired) electrons. The summed E-state index contributed by atoms with van der Waals surface area (Å²) in [4.78, 5) is 22.4. The first-order chi connectivity index (χ1) is 9.15. The molecule has 0 aliphatic rings. The molecule has 100 valence electrons. The summed E-state index contributed by atoms with van der Waals surface area (Å²) < 4.78 is 9.98. The number of esters is 1. The van der Waals surface area contributed by atoms with Gasteiger partial charge in [-0.2, -0.15) is 0 Å². The van der Waals surface area contributed by atoms with Crippen LogP contribution in [0.4, 0.5) is 5.69 Å². The Hall–Kier alpha value is -2.48. The second kappa shape index (κ2) is 7.77. The zero-order chi connectivity index (χ0) is 14.1. The number of carbonyl (C=O) groups is 2. The SMILES string of the molecule is CC#CC(=O)Nc1cccc(OCC(=O)OCC)c1. The van der Waals surface area contributed by atoms with Crippen molar-refractivity contribution in [3.05, 3.63) is 24.3 Å². The third-order valence-electron chi connectivity index (χ3n) is 1.99. The van der Waals surface area contributed by atoms with Crippen molar-refractivity contribution in [3.8, 4) is 17.6 Å². The number of nitrogens with one attached hydrogen (secondary N) is 1. The summed E-state index contributed by atoms with van der Waals surface area (Å²) in [6, 6.07) is 6.69. The Morgan fingerprint density at radius 2 is 2.16 bits per heavy atom. The maximum absolute atomic E-state index is 11.3. The lowest BCUT2D eigenvalue weighted by Gasteiger charge is -2.07. The predicted molar refractivity (Wildman–Crippen MR) is 70.6 cm³/mol. The standard InChI is InChI=1S/C14H15NO4/c1-3-6-13(16)15-11-7-5-8-12(9-11)19-10-14(17)18-4-2/h5,7-9H,4,10H2,1-2H3,(H,15,16). The van der Waals surface area contributed by atoms with Crippen molar-refractivity contribution < 1.29 is 19.1 Å². The molecule has 5 nitrogen and oxygen atoms in total. The summed E-state index contributed by atoms with van der Waals surface area (Å²) in [5.41, 5.74) is 0.550. The minimum atomic E-state index is -0.436. The van der Waals surface area contributed by atoms with Gasteiger partial charge in [-0.1, -0.05) is 12.0 Å². The molecular formula is C14H15NO4. The molecule has 0 unspecified atom stereocenters. The zero-order valence-corrected chi connectivity index (χ0v) is 10.9. The number of ether oxygens (including phenoxy) is 2. The smallest absolute Gasteiger partial charge is 0.344 e. The molecule has 1 N–H and O–H groups in total. The fourth-order valence-corrected chi connectivity index (χ4v) is 1.28. The fraction of sp³-hybridized carbons (Fsp3) is 0.286. The Balaban J connectivity index is 2.58. The van der Waals surface area contributed by atoms with Crippen LogP contribution in [0.3, 0.4) is 0 Å². The monoisotopic (exact) mass is 261 g/mol. The second-order valence-corrected chi connectivity index (χ2v) is 3.45. The number of amides is 1. The van der Waals surface area contributed by atoms with Gasteiger partial charge in [0.2, 0.25) is 0 Å². The fourth-order valence-electron chi connectivity index (χ4n) is 1.28. The van der Waals surface area contributed by atoms with Gasteiger partial charge in [-0.15, -0.1) is 0 Å². The first-order valence-electron chi connectivity index (χ1n) is 5.78. The number of benzene rings is 1.